The number of rotatable bonds is 9. The molecule has 0 amide bonds. The molecule has 4 rings (SSSR count). The molecule has 0 aliphatic heterocycles. The van der Waals surface area contributed by atoms with Crippen molar-refractivity contribution in [3.63, 3.8) is 0 Å². The van der Waals surface area contributed by atoms with Crippen LogP contribution < -0.4 is 0 Å². The van der Waals surface area contributed by atoms with Crippen molar-refractivity contribution in [2.24, 2.45) is 11.8 Å². The molecular weight excluding hydrogens is 372 g/mol. The molecule has 1 fully saturated rings. The first-order valence-corrected chi connectivity index (χ1v) is 12.5. The number of hydrogen-bond acceptors (Lipinski definition) is 0. The summed E-state index contributed by atoms with van der Waals surface area (Å²) in [6, 6.07) is 22.6. The van der Waals surface area contributed by atoms with Crippen LogP contribution in [0.5, 0.6) is 0 Å². The third-order valence-electron chi connectivity index (χ3n) is 7.41. The second kappa shape index (κ2) is 10.8. The smallest absolute Gasteiger partial charge is 0.0177 e. The van der Waals surface area contributed by atoms with Gasteiger partial charge >= 0.3 is 0 Å². The summed E-state index contributed by atoms with van der Waals surface area (Å²) in [5.74, 6) is 1.97. The lowest BCUT2D eigenvalue weighted by molar-refractivity contribution is 0.249. The third kappa shape index (κ3) is 5.88. The Morgan fingerprint density at radius 2 is 1.39 bits per heavy atom. The number of fused-ring (bicyclic) bond motifs is 1. The van der Waals surface area contributed by atoms with Gasteiger partial charge in [0.2, 0.25) is 0 Å². The van der Waals surface area contributed by atoms with Crippen molar-refractivity contribution in [3.05, 3.63) is 78.4 Å². The molecule has 3 aromatic carbocycles. The fourth-order valence-electron chi connectivity index (χ4n) is 5.30. The first kappa shape index (κ1) is 21.9. The molecule has 0 heteroatoms. The zero-order valence-electron chi connectivity index (χ0n) is 19.3. The van der Waals surface area contributed by atoms with Crippen molar-refractivity contribution in [3.8, 4) is 11.1 Å². The molecule has 0 heterocycles. The summed E-state index contributed by atoms with van der Waals surface area (Å²) >= 11 is 0. The maximum absolute atomic E-state index is 3.87. The third-order valence-corrected chi connectivity index (χ3v) is 7.41. The monoisotopic (exact) mass is 410 g/mol. The molecule has 0 aromatic heterocycles. The van der Waals surface area contributed by atoms with Gasteiger partial charge in [0.25, 0.3) is 0 Å². The van der Waals surface area contributed by atoms with E-state index in [0.29, 0.717) is 0 Å². The Morgan fingerprint density at radius 3 is 2.10 bits per heavy atom. The van der Waals surface area contributed by atoms with E-state index in [1.807, 2.05) is 6.08 Å². The first-order valence-electron chi connectivity index (χ1n) is 12.5. The Labute approximate surface area is 189 Å². The lowest BCUT2D eigenvalue weighted by atomic mass is 9.78. The Kier molecular flexibility index (Phi) is 7.62. The lowest BCUT2D eigenvalue weighted by Crippen LogP contribution is -2.15. The molecular formula is C31H38. The fraction of sp³-hybridized carbons (Fsp3) is 0.419. The maximum atomic E-state index is 3.87. The first-order chi connectivity index (χ1) is 15.2. The Balaban J connectivity index is 1.30. The van der Waals surface area contributed by atoms with Gasteiger partial charge in [-0.2, -0.15) is 0 Å². The number of benzene rings is 3. The number of aryl methyl sites for hydroxylation is 1. The number of unbranched alkanes of at least 4 members (excludes halogenated alkanes) is 2. The zero-order chi connectivity index (χ0) is 21.5. The van der Waals surface area contributed by atoms with Crippen LogP contribution in [0.3, 0.4) is 0 Å². The molecule has 0 bridgehead atoms. The average Bonchev–Trinajstić information content (AvgIpc) is 2.83. The van der Waals surface area contributed by atoms with E-state index in [9.17, 15) is 0 Å². The standard InChI is InChI=1S/C31H38/c1-3-5-6-7-25-8-10-26(11-9-25)12-13-27-15-17-28(18-16-27)30-21-20-29-22-24(4-2)14-19-31(29)23-30/h4,14-23,25-26H,2-3,5-13H2,1H3. The van der Waals surface area contributed by atoms with E-state index in [1.54, 1.807) is 0 Å². The SMILES string of the molecule is C=Cc1ccc2cc(-c3ccc(CCC4CCC(CCCCC)CC4)cc3)ccc2c1. The van der Waals surface area contributed by atoms with Gasteiger partial charge in [0, 0.05) is 0 Å². The van der Waals surface area contributed by atoms with Crippen LogP contribution in [0.1, 0.15) is 75.8 Å². The number of hydrogen-bond donors (Lipinski definition) is 0. The van der Waals surface area contributed by atoms with Gasteiger partial charge in [0.05, 0.1) is 0 Å². The van der Waals surface area contributed by atoms with E-state index in [2.05, 4.69) is 74.2 Å². The molecule has 0 atom stereocenters. The van der Waals surface area contributed by atoms with Gasteiger partial charge in [-0.1, -0.05) is 119 Å². The van der Waals surface area contributed by atoms with E-state index in [4.69, 9.17) is 0 Å². The van der Waals surface area contributed by atoms with Crippen molar-refractivity contribution in [2.45, 2.75) is 71.1 Å². The van der Waals surface area contributed by atoms with Crippen molar-refractivity contribution in [1.29, 1.82) is 0 Å². The van der Waals surface area contributed by atoms with Gasteiger partial charge in [-0.15, -0.1) is 0 Å². The van der Waals surface area contributed by atoms with Crippen LogP contribution in [0.2, 0.25) is 0 Å². The molecule has 0 spiro atoms. The zero-order valence-corrected chi connectivity index (χ0v) is 19.3. The molecule has 1 aliphatic carbocycles. The molecule has 162 valence electrons. The molecule has 0 saturated heterocycles. The predicted octanol–water partition coefficient (Wildman–Crippen LogP) is 9.47. The van der Waals surface area contributed by atoms with Crippen LogP contribution in [0, 0.1) is 11.8 Å². The van der Waals surface area contributed by atoms with E-state index in [-0.39, 0.29) is 0 Å². The molecule has 0 nitrogen and oxygen atoms in total. The van der Waals surface area contributed by atoms with Crippen LogP contribution in [0.15, 0.2) is 67.2 Å². The van der Waals surface area contributed by atoms with Crippen molar-refractivity contribution in [2.75, 3.05) is 0 Å². The van der Waals surface area contributed by atoms with Crippen LogP contribution in [0.25, 0.3) is 28.0 Å². The second-order valence-electron chi connectivity index (χ2n) is 9.64. The summed E-state index contributed by atoms with van der Waals surface area (Å²) in [4.78, 5) is 0. The van der Waals surface area contributed by atoms with Gasteiger partial charge in [0.1, 0.15) is 0 Å². The summed E-state index contributed by atoms with van der Waals surface area (Å²) in [7, 11) is 0. The van der Waals surface area contributed by atoms with E-state index >= 15 is 0 Å². The summed E-state index contributed by atoms with van der Waals surface area (Å²) in [5, 5.41) is 2.57. The van der Waals surface area contributed by atoms with Crippen LogP contribution in [0.4, 0.5) is 0 Å². The highest BCUT2D eigenvalue weighted by Crippen LogP contribution is 2.34. The van der Waals surface area contributed by atoms with Crippen molar-refractivity contribution < 1.29 is 0 Å². The minimum absolute atomic E-state index is 0.947. The molecule has 0 N–H and O–H groups in total. The van der Waals surface area contributed by atoms with E-state index in [1.165, 1.54) is 97.2 Å². The van der Waals surface area contributed by atoms with E-state index < -0.39 is 0 Å². The summed E-state index contributed by atoms with van der Waals surface area (Å²) < 4.78 is 0. The van der Waals surface area contributed by atoms with Crippen LogP contribution in [-0.2, 0) is 6.42 Å². The quantitative estimate of drug-likeness (QED) is 0.308. The van der Waals surface area contributed by atoms with Gasteiger partial charge in [-0.05, 0) is 69.8 Å². The summed E-state index contributed by atoms with van der Waals surface area (Å²) in [6.45, 7) is 6.18. The normalized spacial score (nSPS) is 18.9. The largest absolute Gasteiger partial charge is 0.0985 e. The minimum atomic E-state index is 0.947. The Hall–Kier alpha value is -2.34. The molecule has 0 radical (unpaired) electrons. The minimum Gasteiger partial charge on any atom is -0.0985 e. The lowest BCUT2D eigenvalue weighted by Gasteiger charge is -2.28. The molecule has 3 aromatic rings. The Bertz CT molecular complexity index is 971. The maximum Gasteiger partial charge on any atom is -0.0177 e. The van der Waals surface area contributed by atoms with Gasteiger partial charge in [0.15, 0.2) is 0 Å². The molecule has 31 heavy (non-hydrogen) atoms. The van der Waals surface area contributed by atoms with Crippen LogP contribution >= 0.6 is 0 Å². The van der Waals surface area contributed by atoms with Gasteiger partial charge in [-0.25, -0.2) is 0 Å². The topological polar surface area (TPSA) is 0 Å². The highest BCUT2D eigenvalue weighted by atomic mass is 14.3. The predicted molar refractivity (Wildman–Crippen MR) is 137 cm³/mol. The average molecular weight is 411 g/mol. The fourth-order valence-corrected chi connectivity index (χ4v) is 5.30. The molecule has 1 saturated carbocycles. The van der Waals surface area contributed by atoms with E-state index in [0.717, 1.165) is 11.8 Å². The molecule has 0 unspecified atom stereocenters. The summed E-state index contributed by atoms with van der Waals surface area (Å²) in [5.41, 5.74) is 5.28. The summed E-state index contributed by atoms with van der Waals surface area (Å²) in [6.07, 6.45) is 16.1. The molecule has 1 aliphatic rings. The van der Waals surface area contributed by atoms with Gasteiger partial charge in [-0.3, -0.25) is 0 Å². The highest BCUT2D eigenvalue weighted by molar-refractivity contribution is 5.88. The highest BCUT2D eigenvalue weighted by Gasteiger charge is 2.20. The second-order valence-corrected chi connectivity index (χ2v) is 9.64. The van der Waals surface area contributed by atoms with Crippen LogP contribution in [-0.4, -0.2) is 0 Å². The Morgan fingerprint density at radius 1 is 0.742 bits per heavy atom. The van der Waals surface area contributed by atoms with Crippen molar-refractivity contribution in [1.82, 2.24) is 0 Å². The van der Waals surface area contributed by atoms with Crippen molar-refractivity contribution >= 4 is 16.8 Å². The van der Waals surface area contributed by atoms with Gasteiger partial charge < -0.3 is 0 Å².